The fourth-order valence-electron chi connectivity index (χ4n) is 1.05. The van der Waals surface area contributed by atoms with Crippen LogP contribution in [0, 0.1) is 17.3 Å². The number of aliphatic imine (C=N–C) groups is 1. The van der Waals surface area contributed by atoms with Crippen molar-refractivity contribution in [1.29, 1.82) is 5.26 Å². The largest absolute Gasteiger partial charge is 0.494 e. The number of hydrogen-bond acceptors (Lipinski definition) is 4. The van der Waals surface area contributed by atoms with E-state index >= 15 is 0 Å². The van der Waals surface area contributed by atoms with Crippen molar-refractivity contribution in [2.75, 3.05) is 13.4 Å². The van der Waals surface area contributed by atoms with Gasteiger partial charge in [-0.25, -0.2) is 9.38 Å². The minimum atomic E-state index is -0.443. The summed E-state index contributed by atoms with van der Waals surface area (Å²) in [6.45, 7) is 0. The Morgan fingerprint density at radius 3 is 2.88 bits per heavy atom. The van der Waals surface area contributed by atoms with E-state index < -0.39 is 5.82 Å². The summed E-state index contributed by atoms with van der Waals surface area (Å²) in [5.41, 5.74) is 0.320. The van der Waals surface area contributed by atoms with Crippen molar-refractivity contribution in [2.45, 2.75) is 0 Å². The minimum Gasteiger partial charge on any atom is -0.494 e. The van der Waals surface area contributed by atoms with Gasteiger partial charge in [-0.1, -0.05) is 11.8 Å². The molecule has 4 nitrogen and oxygen atoms in total. The predicted molar refractivity (Wildman–Crippen MR) is 70.0 cm³/mol. The number of rotatable bonds is 2. The molecule has 0 heterocycles. The molecule has 0 aliphatic carbocycles. The second kappa shape index (κ2) is 6.47. The first-order valence-corrected chi connectivity index (χ1v) is 6.45. The quantitative estimate of drug-likeness (QED) is 0.394. The van der Waals surface area contributed by atoms with Gasteiger partial charge in [0, 0.05) is 6.07 Å². The molecule has 0 aliphatic rings. The van der Waals surface area contributed by atoms with Gasteiger partial charge >= 0.3 is 0 Å². The molecule has 1 N–H and O–H groups in total. The molecule has 0 fully saturated rings. The lowest BCUT2D eigenvalue weighted by Crippen LogP contribution is -2.12. The van der Waals surface area contributed by atoms with Gasteiger partial charge in [0.2, 0.25) is 0 Å². The van der Waals surface area contributed by atoms with Crippen molar-refractivity contribution in [1.82, 2.24) is 5.32 Å². The van der Waals surface area contributed by atoms with E-state index in [1.54, 1.807) is 12.4 Å². The Kier molecular flexibility index (Phi) is 5.25. The first kappa shape index (κ1) is 13.8. The fraction of sp³-hybridized carbons (Fsp3) is 0.200. The maximum atomic E-state index is 13.4. The number of halogens is 2. The second-order valence-corrected chi connectivity index (χ2v) is 4.45. The number of nitriles is 1. The molecule has 1 rings (SSSR count). The van der Waals surface area contributed by atoms with Crippen molar-refractivity contribution in [3.63, 3.8) is 0 Å². The molecule has 1 aromatic carbocycles. The van der Waals surface area contributed by atoms with E-state index in [0.717, 1.165) is 0 Å². The Hall–Kier alpha value is -1.26. The van der Waals surface area contributed by atoms with Gasteiger partial charge in [0.1, 0.15) is 17.3 Å². The number of methoxy groups -OCH3 is 1. The lowest BCUT2D eigenvalue weighted by molar-refractivity contribution is 0.414. The molecule has 1 aromatic rings. The van der Waals surface area contributed by atoms with Gasteiger partial charge in [0.15, 0.2) is 11.4 Å². The van der Waals surface area contributed by atoms with Crippen molar-refractivity contribution in [3.05, 3.63) is 22.4 Å². The maximum Gasteiger partial charge on any atom is 0.183 e. The zero-order valence-corrected chi connectivity index (χ0v) is 11.5. The van der Waals surface area contributed by atoms with Crippen molar-refractivity contribution < 1.29 is 9.13 Å². The number of thioether (sulfide) groups is 1. The normalized spacial score (nSPS) is 10.9. The van der Waals surface area contributed by atoms with Gasteiger partial charge < -0.3 is 4.74 Å². The van der Waals surface area contributed by atoms with Crippen LogP contribution in [-0.2, 0) is 0 Å². The lowest BCUT2D eigenvalue weighted by Gasteiger charge is -2.07. The zero-order valence-electron chi connectivity index (χ0n) is 9.12. The van der Waals surface area contributed by atoms with Crippen LogP contribution in [0.4, 0.5) is 10.1 Å². The van der Waals surface area contributed by atoms with Gasteiger partial charge in [-0.05, 0) is 28.3 Å². The molecule has 0 saturated carbocycles. The molecule has 0 spiro atoms. The van der Waals surface area contributed by atoms with Crippen LogP contribution in [0.1, 0.15) is 0 Å². The van der Waals surface area contributed by atoms with E-state index in [1.807, 2.05) is 0 Å². The van der Waals surface area contributed by atoms with Crippen LogP contribution in [0.15, 0.2) is 21.6 Å². The van der Waals surface area contributed by atoms with Crippen molar-refractivity contribution >= 4 is 38.5 Å². The van der Waals surface area contributed by atoms with Crippen LogP contribution in [0.3, 0.4) is 0 Å². The summed E-state index contributed by atoms with van der Waals surface area (Å²) in [5.74, 6) is -0.0217. The molecule has 90 valence electrons. The van der Waals surface area contributed by atoms with E-state index in [9.17, 15) is 4.39 Å². The molecule has 0 atom stereocenters. The summed E-state index contributed by atoms with van der Waals surface area (Å²) >= 11 is 4.30. The summed E-state index contributed by atoms with van der Waals surface area (Å²) in [7, 11) is 1.47. The van der Waals surface area contributed by atoms with E-state index in [4.69, 9.17) is 10.00 Å². The van der Waals surface area contributed by atoms with E-state index in [2.05, 4.69) is 26.2 Å². The van der Waals surface area contributed by atoms with Gasteiger partial charge in [-0.15, -0.1) is 0 Å². The molecule has 0 saturated heterocycles. The third kappa shape index (κ3) is 3.61. The highest BCUT2D eigenvalue weighted by Crippen LogP contribution is 2.33. The zero-order chi connectivity index (χ0) is 12.8. The first-order chi connectivity index (χ1) is 8.12. The van der Waals surface area contributed by atoms with Gasteiger partial charge in [0.25, 0.3) is 0 Å². The van der Waals surface area contributed by atoms with E-state index in [1.165, 1.54) is 31.0 Å². The summed E-state index contributed by atoms with van der Waals surface area (Å²) in [4.78, 5) is 4.10. The summed E-state index contributed by atoms with van der Waals surface area (Å²) in [5, 5.41) is 11.3. The number of hydrogen-bond donors (Lipinski definition) is 1. The highest BCUT2D eigenvalue weighted by molar-refractivity contribution is 9.10. The smallest absolute Gasteiger partial charge is 0.183 e. The standard InChI is InChI=1S/C10H9BrFN3OS/c1-16-9-3-6(11)7(12)4-8(9)15-10(17-2)14-5-13/h3-4H,1-2H3,(H,14,15). The molecule has 0 bridgehead atoms. The van der Waals surface area contributed by atoms with E-state index in [-0.39, 0.29) is 0 Å². The fourth-order valence-corrected chi connectivity index (χ4v) is 1.71. The number of nitrogens with one attached hydrogen (secondary N) is 1. The van der Waals surface area contributed by atoms with Crippen molar-refractivity contribution in [3.8, 4) is 11.9 Å². The third-order valence-corrected chi connectivity index (χ3v) is 2.99. The third-order valence-electron chi connectivity index (χ3n) is 1.80. The molecule has 7 heteroatoms. The topological polar surface area (TPSA) is 57.4 Å². The Labute approximate surface area is 111 Å². The molecular weight excluding hydrogens is 309 g/mol. The Balaban J connectivity index is 3.21. The minimum absolute atomic E-state index is 0.298. The summed E-state index contributed by atoms with van der Waals surface area (Å²) < 4.78 is 18.8. The average Bonchev–Trinajstić information content (AvgIpc) is 2.32. The highest BCUT2D eigenvalue weighted by atomic mass is 79.9. The second-order valence-electron chi connectivity index (χ2n) is 2.80. The highest BCUT2D eigenvalue weighted by Gasteiger charge is 2.09. The Bertz CT molecular complexity index is 487. The van der Waals surface area contributed by atoms with Crippen LogP contribution in [0.2, 0.25) is 0 Å². The molecule has 0 aromatic heterocycles. The number of benzene rings is 1. The molecule has 0 amide bonds. The molecule has 0 radical (unpaired) electrons. The van der Waals surface area contributed by atoms with Crippen molar-refractivity contribution in [2.24, 2.45) is 4.99 Å². The average molecular weight is 318 g/mol. The first-order valence-electron chi connectivity index (χ1n) is 4.43. The Morgan fingerprint density at radius 1 is 1.65 bits per heavy atom. The number of ether oxygens (including phenoxy) is 1. The van der Waals surface area contributed by atoms with Crippen LogP contribution >= 0.6 is 27.7 Å². The van der Waals surface area contributed by atoms with Crippen LogP contribution in [0.25, 0.3) is 0 Å². The lowest BCUT2D eigenvalue weighted by atomic mass is 10.3. The maximum absolute atomic E-state index is 13.4. The van der Waals surface area contributed by atoms with E-state index in [0.29, 0.717) is 21.1 Å². The van der Waals surface area contributed by atoms with Gasteiger partial charge in [0.05, 0.1) is 11.6 Å². The van der Waals surface area contributed by atoms with Crippen LogP contribution in [0.5, 0.6) is 5.75 Å². The molecule has 17 heavy (non-hydrogen) atoms. The van der Waals surface area contributed by atoms with Crippen LogP contribution < -0.4 is 10.1 Å². The van der Waals surface area contributed by atoms with Gasteiger partial charge in [-0.3, -0.25) is 5.32 Å². The Morgan fingerprint density at radius 2 is 2.35 bits per heavy atom. The number of amidine groups is 1. The SMILES string of the molecule is COc1cc(Br)c(F)cc1N=C(NC#N)SC. The predicted octanol–water partition coefficient (Wildman–Crippen LogP) is 3.02. The van der Waals surface area contributed by atoms with Gasteiger partial charge in [-0.2, -0.15) is 5.26 Å². The molecular formula is C10H9BrFN3OS. The summed E-state index contributed by atoms with van der Waals surface area (Å²) in [6, 6.07) is 2.72. The summed E-state index contributed by atoms with van der Waals surface area (Å²) in [6.07, 6.45) is 3.51. The number of nitrogens with zero attached hydrogens (tertiary/aromatic N) is 2. The monoisotopic (exact) mass is 317 g/mol. The van der Waals surface area contributed by atoms with Crippen LogP contribution in [-0.4, -0.2) is 18.5 Å². The molecule has 0 aliphatic heterocycles. The molecule has 0 unspecified atom stereocenters.